The van der Waals surface area contributed by atoms with Crippen LogP contribution in [0.4, 0.5) is 4.39 Å². The second-order valence-corrected chi connectivity index (χ2v) is 3.95. The standard InChI is InChI=1S/C9H9BrFNO/c10-7-4-5-8(12-9(7)11)13-6-2-1-3-6/h4-6H,1-3H2. The predicted octanol–water partition coefficient (Wildman–Crippen LogP) is 2.91. The Morgan fingerprint density at radius 1 is 1.46 bits per heavy atom. The zero-order chi connectivity index (χ0) is 9.26. The molecule has 1 aromatic heterocycles. The van der Waals surface area contributed by atoms with Gasteiger partial charge in [0.2, 0.25) is 11.8 Å². The number of nitrogens with zero attached hydrogens (tertiary/aromatic N) is 1. The monoisotopic (exact) mass is 245 g/mol. The zero-order valence-corrected chi connectivity index (χ0v) is 8.55. The molecule has 0 saturated heterocycles. The van der Waals surface area contributed by atoms with Crippen molar-refractivity contribution in [2.45, 2.75) is 25.4 Å². The summed E-state index contributed by atoms with van der Waals surface area (Å²) < 4.78 is 18.7. The van der Waals surface area contributed by atoms with Gasteiger partial charge in [-0.3, -0.25) is 0 Å². The molecule has 1 aliphatic rings. The van der Waals surface area contributed by atoms with Gasteiger partial charge in [0.05, 0.1) is 4.47 Å². The smallest absolute Gasteiger partial charge is 0.230 e. The van der Waals surface area contributed by atoms with E-state index in [0.29, 0.717) is 10.4 Å². The van der Waals surface area contributed by atoms with Gasteiger partial charge >= 0.3 is 0 Å². The SMILES string of the molecule is Fc1nc(OC2CCC2)ccc1Br. The molecule has 0 atom stereocenters. The lowest BCUT2D eigenvalue weighted by atomic mass is 9.96. The Bertz CT molecular complexity index is 314. The summed E-state index contributed by atoms with van der Waals surface area (Å²) in [5.74, 6) is -0.137. The van der Waals surface area contributed by atoms with E-state index in [9.17, 15) is 4.39 Å². The number of rotatable bonds is 2. The lowest BCUT2D eigenvalue weighted by Gasteiger charge is -2.25. The van der Waals surface area contributed by atoms with Crippen molar-refractivity contribution in [1.82, 2.24) is 4.98 Å². The van der Waals surface area contributed by atoms with E-state index in [4.69, 9.17) is 4.74 Å². The zero-order valence-electron chi connectivity index (χ0n) is 6.96. The fourth-order valence-electron chi connectivity index (χ4n) is 1.13. The average Bonchev–Trinajstić information content (AvgIpc) is 2.04. The molecule has 1 saturated carbocycles. The van der Waals surface area contributed by atoms with Crippen molar-refractivity contribution in [2.75, 3.05) is 0 Å². The third-order valence-corrected chi connectivity index (χ3v) is 2.71. The van der Waals surface area contributed by atoms with Crippen LogP contribution in [0.5, 0.6) is 5.88 Å². The minimum atomic E-state index is -0.517. The molecule has 0 unspecified atom stereocenters. The van der Waals surface area contributed by atoms with Gasteiger partial charge in [-0.05, 0) is 41.3 Å². The number of aromatic nitrogens is 1. The first-order valence-electron chi connectivity index (χ1n) is 4.24. The fourth-order valence-corrected chi connectivity index (χ4v) is 1.35. The van der Waals surface area contributed by atoms with Crippen LogP contribution < -0.4 is 4.74 Å². The summed E-state index contributed by atoms with van der Waals surface area (Å²) >= 11 is 3.03. The first-order chi connectivity index (χ1) is 6.25. The summed E-state index contributed by atoms with van der Waals surface area (Å²) in [4.78, 5) is 3.66. The largest absolute Gasteiger partial charge is 0.474 e. The molecule has 0 amide bonds. The van der Waals surface area contributed by atoms with Crippen LogP contribution in [0.25, 0.3) is 0 Å². The molecule has 0 aromatic carbocycles. The second kappa shape index (κ2) is 3.62. The molecule has 1 aromatic rings. The number of ether oxygens (including phenoxy) is 1. The van der Waals surface area contributed by atoms with E-state index in [0.717, 1.165) is 12.8 Å². The van der Waals surface area contributed by atoms with Gasteiger partial charge in [-0.15, -0.1) is 0 Å². The Labute approximate surface area is 84.3 Å². The van der Waals surface area contributed by atoms with Gasteiger partial charge < -0.3 is 4.74 Å². The van der Waals surface area contributed by atoms with E-state index >= 15 is 0 Å². The van der Waals surface area contributed by atoms with E-state index in [1.807, 2.05) is 0 Å². The lowest BCUT2D eigenvalue weighted by Crippen LogP contribution is -2.25. The second-order valence-electron chi connectivity index (χ2n) is 3.09. The Morgan fingerprint density at radius 3 is 2.77 bits per heavy atom. The van der Waals surface area contributed by atoms with Crippen molar-refractivity contribution < 1.29 is 9.13 Å². The van der Waals surface area contributed by atoms with Gasteiger partial charge in [0.25, 0.3) is 0 Å². The molecule has 2 nitrogen and oxygen atoms in total. The van der Waals surface area contributed by atoms with Crippen LogP contribution >= 0.6 is 15.9 Å². The average molecular weight is 246 g/mol. The van der Waals surface area contributed by atoms with Crippen LogP contribution in [0.15, 0.2) is 16.6 Å². The molecule has 1 heterocycles. The minimum absolute atomic E-state index is 0.244. The molecule has 1 aliphatic carbocycles. The summed E-state index contributed by atoms with van der Waals surface area (Å²) in [6.45, 7) is 0. The van der Waals surface area contributed by atoms with Gasteiger partial charge in [0.15, 0.2) is 0 Å². The molecule has 1 fully saturated rings. The van der Waals surface area contributed by atoms with E-state index in [-0.39, 0.29) is 6.10 Å². The van der Waals surface area contributed by atoms with Crippen LogP contribution in [0.2, 0.25) is 0 Å². The Kier molecular flexibility index (Phi) is 2.49. The van der Waals surface area contributed by atoms with Crippen LogP contribution in [0.3, 0.4) is 0 Å². The first-order valence-corrected chi connectivity index (χ1v) is 5.04. The highest BCUT2D eigenvalue weighted by atomic mass is 79.9. The number of halogens is 2. The Morgan fingerprint density at radius 2 is 2.23 bits per heavy atom. The molecule has 0 N–H and O–H groups in total. The van der Waals surface area contributed by atoms with E-state index in [1.165, 1.54) is 6.42 Å². The molecule has 0 spiro atoms. The van der Waals surface area contributed by atoms with Gasteiger partial charge in [0, 0.05) is 6.07 Å². The highest BCUT2D eigenvalue weighted by Gasteiger charge is 2.19. The van der Waals surface area contributed by atoms with Crippen molar-refractivity contribution in [3.8, 4) is 5.88 Å². The molecule has 13 heavy (non-hydrogen) atoms. The molecule has 70 valence electrons. The molecular weight excluding hydrogens is 237 g/mol. The van der Waals surface area contributed by atoms with Gasteiger partial charge in [0.1, 0.15) is 6.10 Å². The summed E-state index contributed by atoms with van der Waals surface area (Å²) in [7, 11) is 0. The topological polar surface area (TPSA) is 22.1 Å². The highest BCUT2D eigenvalue weighted by Crippen LogP contribution is 2.25. The maximum Gasteiger partial charge on any atom is 0.230 e. The van der Waals surface area contributed by atoms with Crippen LogP contribution in [-0.4, -0.2) is 11.1 Å². The van der Waals surface area contributed by atoms with Gasteiger partial charge in [-0.1, -0.05) is 0 Å². The van der Waals surface area contributed by atoms with Crippen molar-refractivity contribution in [1.29, 1.82) is 0 Å². The molecule has 0 aliphatic heterocycles. The third-order valence-electron chi connectivity index (χ3n) is 2.12. The van der Waals surface area contributed by atoms with Gasteiger partial charge in [-0.25, -0.2) is 0 Å². The van der Waals surface area contributed by atoms with Crippen LogP contribution in [-0.2, 0) is 0 Å². The van der Waals surface area contributed by atoms with Crippen LogP contribution in [0, 0.1) is 5.95 Å². The third kappa shape index (κ3) is 1.99. The number of hydrogen-bond acceptors (Lipinski definition) is 2. The normalized spacial score (nSPS) is 16.8. The molecule has 2 rings (SSSR count). The van der Waals surface area contributed by atoms with E-state index < -0.39 is 5.95 Å². The maximum absolute atomic E-state index is 12.9. The summed E-state index contributed by atoms with van der Waals surface area (Å²) in [5, 5.41) is 0. The number of hydrogen-bond donors (Lipinski definition) is 0. The summed E-state index contributed by atoms with van der Waals surface area (Å²) in [6.07, 6.45) is 3.55. The summed E-state index contributed by atoms with van der Waals surface area (Å²) in [5.41, 5.74) is 0. The van der Waals surface area contributed by atoms with Crippen molar-refractivity contribution in [3.05, 3.63) is 22.6 Å². The van der Waals surface area contributed by atoms with Crippen molar-refractivity contribution >= 4 is 15.9 Å². The number of pyridine rings is 1. The highest BCUT2D eigenvalue weighted by molar-refractivity contribution is 9.10. The lowest BCUT2D eigenvalue weighted by molar-refractivity contribution is 0.113. The first kappa shape index (κ1) is 8.94. The predicted molar refractivity (Wildman–Crippen MR) is 50.2 cm³/mol. The van der Waals surface area contributed by atoms with E-state index in [1.54, 1.807) is 12.1 Å². The molecular formula is C9H9BrFNO. The molecule has 0 bridgehead atoms. The van der Waals surface area contributed by atoms with E-state index in [2.05, 4.69) is 20.9 Å². The Hall–Kier alpha value is -0.640. The minimum Gasteiger partial charge on any atom is -0.474 e. The quantitative estimate of drug-likeness (QED) is 0.748. The molecule has 0 radical (unpaired) electrons. The van der Waals surface area contributed by atoms with Gasteiger partial charge in [-0.2, -0.15) is 9.37 Å². The summed E-state index contributed by atoms with van der Waals surface area (Å²) in [6, 6.07) is 3.28. The van der Waals surface area contributed by atoms with Crippen LogP contribution in [0.1, 0.15) is 19.3 Å². The maximum atomic E-state index is 12.9. The van der Waals surface area contributed by atoms with Crippen molar-refractivity contribution in [3.63, 3.8) is 0 Å². The van der Waals surface area contributed by atoms with Crippen molar-refractivity contribution in [2.24, 2.45) is 0 Å². The molecule has 4 heteroatoms. The Balaban J connectivity index is 2.07. The fraction of sp³-hybridized carbons (Fsp3) is 0.444.